The molecule has 110 valence electrons. The Hall–Kier alpha value is -2.70. The zero-order valence-electron chi connectivity index (χ0n) is 10.9. The Kier molecular flexibility index (Phi) is 4.02. The quantitative estimate of drug-likeness (QED) is 0.676. The van der Waals surface area contributed by atoms with Gasteiger partial charge >= 0.3 is 0 Å². The van der Waals surface area contributed by atoms with E-state index >= 15 is 0 Å². The van der Waals surface area contributed by atoms with Gasteiger partial charge in [-0.3, -0.25) is 4.79 Å². The molecule has 0 bridgehead atoms. The van der Waals surface area contributed by atoms with Crippen molar-refractivity contribution in [3.05, 3.63) is 53.3 Å². The van der Waals surface area contributed by atoms with Crippen LogP contribution in [0.2, 0.25) is 0 Å². The second-order valence-electron chi connectivity index (χ2n) is 4.16. The molecule has 0 radical (unpaired) electrons. The molecule has 2 aromatic rings. The summed E-state index contributed by atoms with van der Waals surface area (Å²) in [6.45, 7) is 0. The Morgan fingerprint density at radius 2 is 1.76 bits per heavy atom. The van der Waals surface area contributed by atoms with Gasteiger partial charge in [0.25, 0.3) is 5.91 Å². The smallest absolute Gasteiger partial charge is 0.259 e. The maximum absolute atomic E-state index is 13.5. The summed E-state index contributed by atoms with van der Waals surface area (Å²) in [6.07, 6.45) is 0. The molecule has 3 N–H and O–H groups in total. The fourth-order valence-electron chi connectivity index (χ4n) is 1.70. The van der Waals surface area contributed by atoms with E-state index < -0.39 is 29.0 Å². The number of carbonyl (C=O) groups is 1. The molecule has 0 unspecified atom stereocenters. The third kappa shape index (κ3) is 3.07. The molecule has 4 nitrogen and oxygen atoms in total. The molecule has 2 aromatic carbocycles. The van der Waals surface area contributed by atoms with Crippen molar-refractivity contribution in [3.8, 4) is 5.75 Å². The van der Waals surface area contributed by atoms with Crippen LogP contribution in [0.15, 0.2) is 30.3 Å². The van der Waals surface area contributed by atoms with E-state index in [0.717, 1.165) is 0 Å². The molecule has 7 heteroatoms. The van der Waals surface area contributed by atoms with Gasteiger partial charge in [-0.2, -0.15) is 0 Å². The number of amides is 1. The lowest BCUT2D eigenvalue weighted by Gasteiger charge is -2.11. The Morgan fingerprint density at radius 3 is 2.43 bits per heavy atom. The number of nitrogens with one attached hydrogen (secondary N) is 1. The lowest BCUT2D eigenvalue weighted by Crippen LogP contribution is -2.15. The average molecular weight is 296 g/mol. The summed E-state index contributed by atoms with van der Waals surface area (Å²) in [7, 11) is 1.34. The second kappa shape index (κ2) is 5.74. The number of rotatable bonds is 3. The first kappa shape index (κ1) is 14.7. The number of nitrogens with two attached hydrogens (primary N) is 1. The van der Waals surface area contributed by atoms with Gasteiger partial charge in [0.2, 0.25) is 0 Å². The van der Waals surface area contributed by atoms with Crippen molar-refractivity contribution < 1.29 is 22.7 Å². The normalized spacial score (nSPS) is 10.3. The lowest BCUT2D eigenvalue weighted by molar-refractivity contribution is 0.102. The van der Waals surface area contributed by atoms with E-state index in [1.165, 1.54) is 25.3 Å². The molecule has 0 fully saturated rings. The highest BCUT2D eigenvalue weighted by Crippen LogP contribution is 2.24. The number of methoxy groups -OCH3 is 1. The summed E-state index contributed by atoms with van der Waals surface area (Å²) in [4.78, 5) is 12.0. The predicted octanol–water partition coefficient (Wildman–Crippen LogP) is 2.95. The number of benzene rings is 2. The second-order valence-corrected chi connectivity index (χ2v) is 4.16. The summed E-state index contributed by atoms with van der Waals surface area (Å²) in [5.74, 6) is -4.25. The molecule has 2 rings (SSSR count). The molecular formula is C14H11F3N2O2. The van der Waals surface area contributed by atoms with E-state index in [-0.39, 0.29) is 11.3 Å². The average Bonchev–Trinajstić information content (AvgIpc) is 2.44. The summed E-state index contributed by atoms with van der Waals surface area (Å²) >= 11 is 0. The molecule has 0 heterocycles. The van der Waals surface area contributed by atoms with Crippen molar-refractivity contribution >= 4 is 17.3 Å². The van der Waals surface area contributed by atoms with Crippen molar-refractivity contribution in [1.82, 2.24) is 0 Å². The molecule has 0 atom stereocenters. The van der Waals surface area contributed by atoms with Crippen LogP contribution in [0.4, 0.5) is 24.5 Å². The SMILES string of the molecule is COc1cc(N)ccc1C(=O)Nc1cc(F)c(F)cc1F. The monoisotopic (exact) mass is 296 g/mol. The predicted molar refractivity (Wildman–Crippen MR) is 71.7 cm³/mol. The molecule has 0 aliphatic heterocycles. The Balaban J connectivity index is 2.32. The highest BCUT2D eigenvalue weighted by Gasteiger charge is 2.16. The van der Waals surface area contributed by atoms with E-state index in [0.29, 0.717) is 17.8 Å². The van der Waals surface area contributed by atoms with Crippen molar-refractivity contribution in [1.29, 1.82) is 0 Å². The minimum atomic E-state index is -1.34. The third-order valence-electron chi connectivity index (χ3n) is 2.73. The number of hydrogen-bond donors (Lipinski definition) is 2. The number of carbonyl (C=O) groups excluding carboxylic acids is 1. The molecule has 1 amide bonds. The zero-order chi connectivity index (χ0) is 15.6. The zero-order valence-corrected chi connectivity index (χ0v) is 10.9. The van der Waals surface area contributed by atoms with Crippen molar-refractivity contribution in [2.45, 2.75) is 0 Å². The molecule has 0 spiro atoms. The van der Waals surface area contributed by atoms with Crippen LogP contribution in [0.1, 0.15) is 10.4 Å². The van der Waals surface area contributed by atoms with Gasteiger partial charge in [0, 0.05) is 23.9 Å². The fraction of sp³-hybridized carbons (Fsp3) is 0.0714. The van der Waals surface area contributed by atoms with Crippen LogP contribution in [-0.4, -0.2) is 13.0 Å². The molecule has 0 aliphatic rings. The van der Waals surface area contributed by atoms with Crippen LogP contribution in [0.5, 0.6) is 5.75 Å². The van der Waals surface area contributed by atoms with Crippen LogP contribution in [0.3, 0.4) is 0 Å². The Morgan fingerprint density at radius 1 is 1.10 bits per heavy atom. The lowest BCUT2D eigenvalue weighted by atomic mass is 10.1. The first-order valence-corrected chi connectivity index (χ1v) is 5.81. The van der Waals surface area contributed by atoms with Crippen molar-refractivity contribution in [2.24, 2.45) is 0 Å². The van der Waals surface area contributed by atoms with Gasteiger partial charge in [0.15, 0.2) is 11.6 Å². The first-order chi connectivity index (χ1) is 9.92. The molecule has 0 saturated carbocycles. The fourth-order valence-corrected chi connectivity index (χ4v) is 1.70. The van der Waals surface area contributed by atoms with Crippen molar-refractivity contribution in [2.75, 3.05) is 18.2 Å². The van der Waals surface area contributed by atoms with E-state index in [4.69, 9.17) is 10.5 Å². The van der Waals surface area contributed by atoms with Crippen LogP contribution >= 0.6 is 0 Å². The standard InChI is InChI=1S/C14H11F3N2O2/c1-21-13-4-7(18)2-3-8(13)14(20)19-12-6-10(16)9(15)5-11(12)17/h2-6H,18H2,1H3,(H,19,20). The van der Waals surface area contributed by atoms with Gasteiger partial charge in [-0.15, -0.1) is 0 Å². The van der Waals surface area contributed by atoms with Crippen LogP contribution in [0.25, 0.3) is 0 Å². The maximum atomic E-state index is 13.5. The molecule has 0 saturated heterocycles. The highest BCUT2D eigenvalue weighted by molar-refractivity contribution is 6.06. The molecule has 0 aliphatic carbocycles. The van der Waals surface area contributed by atoms with Gasteiger partial charge in [0.05, 0.1) is 18.4 Å². The summed E-state index contributed by atoms with van der Waals surface area (Å²) in [5.41, 5.74) is 5.54. The van der Waals surface area contributed by atoms with E-state index in [2.05, 4.69) is 5.32 Å². The molecule has 0 aromatic heterocycles. The minimum Gasteiger partial charge on any atom is -0.496 e. The number of anilines is 2. The summed E-state index contributed by atoms with van der Waals surface area (Å²) in [5, 5.41) is 2.15. The minimum absolute atomic E-state index is 0.0795. The van der Waals surface area contributed by atoms with Crippen LogP contribution in [-0.2, 0) is 0 Å². The van der Waals surface area contributed by atoms with Crippen LogP contribution < -0.4 is 15.8 Å². The Labute approximate surface area is 118 Å². The van der Waals surface area contributed by atoms with E-state index in [1.807, 2.05) is 0 Å². The number of halogens is 3. The summed E-state index contributed by atoms with van der Waals surface area (Å²) < 4.78 is 44.4. The van der Waals surface area contributed by atoms with E-state index in [9.17, 15) is 18.0 Å². The van der Waals surface area contributed by atoms with Crippen LogP contribution in [0, 0.1) is 17.5 Å². The first-order valence-electron chi connectivity index (χ1n) is 5.81. The third-order valence-corrected chi connectivity index (χ3v) is 2.73. The van der Waals surface area contributed by atoms with Crippen molar-refractivity contribution in [3.63, 3.8) is 0 Å². The maximum Gasteiger partial charge on any atom is 0.259 e. The van der Waals surface area contributed by atoms with E-state index in [1.54, 1.807) is 0 Å². The van der Waals surface area contributed by atoms with Gasteiger partial charge < -0.3 is 15.8 Å². The Bertz CT molecular complexity index is 705. The van der Waals surface area contributed by atoms with Gasteiger partial charge in [-0.1, -0.05) is 0 Å². The molecule has 21 heavy (non-hydrogen) atoms. The van der Waals surface area contributed by atoms with Gasteiger partial charge in [0.1, 0.15) is 11.6 Å². The number of hydrogen-bond acceptors (Lipinski definition) is 3. The van der Waals surface area contributed by atoms with Gasteiger partial charge in [-0.25, -0.2) is 13.2 Å². The number of ether oxygens (including phenoxy) is 1. The largest absolute Gasteiger partial charge is 0.496 e. The highest BCUT2D eigenvalue weighted by atomic mass is 19.2. The summed E-state index contributed by atoms with van der Waals surface area (Å²) in [6, 6.07) is 5.16. The number of nitrogen functional groups attached to an aromatic ring is 1. The molecular weight excluding hydrogens is 285 g/mol. The van der Waals surface area contributed by atoms with Gasteiger partial charge in [-0.05, 0) is 12.1 Å². The topological polar surface area (TPSA) is 64.3 Å².